The maximum Gasteiger partial charge on any atom is 0.235 e. The number of anilines is 1. The van der Waals surface area contributed by atoms with E-state index in [2.05, 4.69) is 21.2 Å². The summed E-state index contributed by atoms with van der Waals surface area (Å²) in [4.78, 5) is 24.4. The molecule has 20 heavy (non-hydrogen) atoms. The fourth-order valence-corrected chi connectivity index (χ4v) is 2.68. The molecule has 0 saturated heterocycles. The van der Waals surface area contributed by atoms with Crippen LogP contribution in [0.1, 0.15) is 15.9 Å². The van der Waals surface area contributed by atoms with Crippen LogP contribution in [-0.2, 0) is 11.2 Å². The number of halogens is 1. The Morgan fingerprint density at radius 3 is 2.50 bits per heavy atom. The average molecular weight is 330 g/mol. The third-order valence-electron chi connectivity index (χ3n) is 3.45. The Morgan fingerprint density at radius 1 is 1.10 bits per heavy atom. The zero-order chi connectivity index (χ0) is 14.1. The van der Waals surface area contributed by atoms with Gasteiger partial charge in [-0.15, -0.1) is 0 Å². The number of hydrogen-bond acceptors (Lipinski definition) is 2. The summed E-state index contributed by atoms with van der Waals surface area (Å²) in [5, 5.41) is 2.80. The van der Waals surface area contributed by atoms with Gasteiger partial charge >= 0.3 is 0 Å². The Labute approximate surface area is 125 Å². The van der Waals surface area contributed by atoms with Crippen molar-refractivity contribution >= 4 is 33.3 Å². The van der Waals surface area contributed by atoms with Gasteiger partial charge in [-0.25, -0.2) is 0 Å². The van der Waals surface area contributed by atoms with Crippen molar-refractivity contribution in [1.82, 2.24) is 0 Å². The molecule has 1 unspecified atom stereocenters. The Kier molecular flexibility index (Phi) is 3.40. The van der Waals surface area contributed by atoms with E-state index in [0.29, 0.717) is 17.7 Å². The summed E-state index contributed by atoms with van der Waals surface area (Å²) in [6.45, 7) is 0. The van der Waals surface area contributed by atoms with Gasteiger partial charge in [-0.2, -0.15) is 0 Å². The van der Waals surface area contributed by atoms with E-state index in [1.807, 2.05) is 30.3 Å². The van der Waals surface area contributed by atoms with E-state index in [-0.39, 0.29) is 11.7 Å². The lowest BCUT2D eigenvalue weighted by molar-refractivity contribution is -0.118. The molecule has 0 saturated carbocycles. The molecule has 3 rings (SSSR count). The maximum absolute atomic E-state index is 12.2. The molecule has 1 amide bonds. The van der Waals surface area contributed by atoms with Crippen LogP contribution in [-0.4, -0.2) is 11.7 Å². The zero-order valence-corrected chi connectivity index (χ0v) is 12.2. The van der Waals surface area contributed by atoms with Gasteiger partial charge in [-0.3, -0.25) is 9.59 Å². The summed E-state index contributed by atoms with van der Waals surface area (Å²) in [5.74, 6) is -0.945. The van der Waals surface area contributed by atoms with E-state index in [1.165, 1.54) is 0 Å². The van der Waals surface area contributed by atoms with E-state index in [0.717, 1.165) is 10.0 Å². The molecule has 3 nitrogen and oxygen atoms in total. The van der Waals surface area contributed by atoms with E-state index in [4.69, 9.17) is 0 Å². The van der Waals surface area contributed by atoms with Crippen LogP contribution in [0.3, 0.4) is 0 Å². The number of fused-ring (bicyclic) bond motifs is 1. The lowest BCUT2D eigenvalue weighted by atomic mass is 10.0. The molecule has 2 aromatic carbocycles. The first-order chi connectivity index (χ1) is 9.65. The van der Waals surface area contributed by atoms with Crippen molar-refractivity contribution in [1.29, 1.82) is 0 Å². The van der Waals surface area contributed by atoms with E-state index >= 15 is 0 Å². The van der Waals surface area contributed by atoms with Crippen LogP contribution in [0.15, 0.2) is 53.0 Å². The van der Waals surface area contributed by atoms with Crippen LogP contribution in [0.5, 0.6) is 0 Å². The monoisotopic (exact) mass is 329 g/mol. The first kappa shape index (κ1) is 13.1. The molecule has 4 heteroatoms. The number of carbonyl (C=O) groups excluding carboxylic acids is 2. The van der Waals surface area contributed by atoms with Gasteiger partial charge in [0.2, 0.25) is 5.91 Å². The number of ketones is 1. The Morgan fingerprint density at radius 2 is 1.80 bits per heavy atom. The minimum atomic E-state index is -0.615. The predicted octanol–water partition coefficient (Wildman–Crippen LogP) is 3.44. The Balaban J connectivity index is 1.77. The molecule has 1 aliphatic carbocycles. The average Bonchev–Trinajstić information content (AvgIpc) is 2.79. The maximum atomic E-state index is 12.2. The molecule has 100 valence electrons. The molecule has 0 radical (unpaired) electrons. The fourth-order valence-electron chi connectivity index (χ4n) is 2.41. The second kappa shape index (κ2) is 5.21. The first-order valence-electron chi connectivity index (χ1n) is 6.34. The van der Waals surface area contributed by atoms with Gasteiger partial charge < -0.3 is 5.32 Å². The Hall–Kier alpha value is -1.94. The third-order valence-corrected chi connectivity index (χ3v) is 3.98. The quantitative estimate of drug-likeness (QED) is 0.858. The number of benzene rings is 2. The highest BCUT2D eigenvalue weighted by Gasteiger charge is 2.35. The van der Waals surface area contributed by atoms with Gasteiger partial charge in [0.05, 0.1) is 0 Å². The summed E-state index contributed by atoms with van der Waals surface area (Å²) >= 11 is 3.34. The van der Waals surface area contributed by atoms with Crippen LogP contribution in [0, 0.1) is 5.92 Å². The van der Waals surface area contributed by atoms with Crippen molar-refractivity contribution in [2.75, 3.05) is 5.32 Å². The largest absolute Gasteiger partial charge is 0.325 e. The topological polar surface area (TPSA) is 46.2 Å². The molecule has 2 aromatic rings. The summed E-state index contributed by atoms with van der Waals surface area (Å²) < 4.78 is 0.944. The minimum Gasteiger partial charge on any atom is -0.325 e. The van der Waals surface area contributed by atoms with Crippen molar-refractivity contribution in [2.24, 2.45) is 5.92 Å². The zero-order valence-electron chi connectivity index (χ0n) is 10.6. The summed E-state index contributed by atoms with van der Waals surface area (Å²) in [6.07, 6.45) is 0.484. The lowest BCUT2D eigenvalue weighted by Gasteiger charge is -2.09. The number of rotatable bonds is 2. The highest BCUT2D eigenvalue weighted by atomic mass is 79.9. The summed E-state index contributed by atoms with van der Waals surface area (Å²) in [7, 11) is 0. The molecular formula is C16H12BrNO2. The lowest BCUT2D eigenvalue weighted by Crippen LogP contribution is -2.27. The number of amides is 1. The fraction of sp³-hybridized carbons (Fsp3) is 0.125. The van der Waals surface area contributed by atoms with Crippen molar-refractivity contribution in [3.63, 3.8) is 0 Å². The normalized spacial score (nSPS) is 16.9. The highest BCUT2D eigenvalue weighted by molar-refractivity contribution is 9.10. The van der Waals surface area contributed by atoms with Crippen LogP contribution < -0.4 is 5.32 Å². The first-order valence-corrected chi connectivity index (χ1v) is 7.13. The predicted molar refractivity (Wildman–Crippen MR) is 80.7 cm³/mol. The smallest absolute Gasteiger partial charge is 0.235 e. The molecule has 0 heterocycles. The summed E-state index contributed by atoms with van der Waals surface area (Å²) in [6, 6.07) is 14.7. The highest BCUT2D eigenvalue weighted by Crippen LogP contribution is 2.27. The standard InChI is InChI=1S/C16H12BrNO2/c17-11-5-7-12(8-6-11)18-16(20)14-9-10-3-1-2-4-13(10)15(14)19/h1-8,14H,9H2,(H,18,20). The number of carbonyl (C=O) groups is 2. The van der Waals surface area contributed by atoms with Crippen LogP contribution in [0.25, 0.3) is 0 Å². The van der Waals surface area contributed by atoms with Gasteiger partial charge in [-0.1, -0.05) is 40.2 Å². The molecule has 0 spiro atoms. The van der Waals surface area contributed by atoms with Crippen molar-refractivity contribution < 1.29 is 9.59 Å². The second-order valence-corrected chi connectivity index (χ2v) is 5.69. The number of hydrogen-bond donors (Lipinski definition) is 1. The van der Waals surface area contributed by atoms with Crippen molar-refractivity contribution in [3.8, 4) is 0 Å². The molecule has 1 aliphatic rings. The molecule has 0 aromatic heterocycles. The van der Waals surface area contributed by atoms with Crippen LogP contribution in [0.2, 0.25) is 0 Å². The SMILES string of the molecule is O=C(Nc1ccc(Br)cc1)C1Cc2ccccc2C1=O. The minimum absolute atomic E-state index is 0.0878. The molecule has 0 aliphatic heterocycles. The third kappa shape index (κ3) is 2.39. The number of Topliss-reactive ketones (excluding diaryl/α,β-unsaturated/α-hetero) is 1. The second-order valence-electron chi connectivity index (χ2n) is 4.77. The van der Waals surface area contributed by atoms with Crippen molar-refractivity contribution in [2.45, 2.75) is 6.42 Å². The summed E-state index contributed by atoms with van der Waals surface area (Å²) in [5.41, 5.74) is 2.32. The van der Waals surface area contributed by atoms with Gasteiger partial charge in [-0.05, 0) is 36.2 Å². The molecule has 0 bridgehead atoms. The van der Waals surface area contributed by atoms with Gasteiger partial charge in [0, 0.05) is 15.7 Å². The van der Waals surface area contributed by atoms with Crippen molar-refractivity contribution in [3.05, 3.63) is 64.1 Å². The van der Waals surface area contributed by atoms with Crippen LogP contribution >= 0.6 is 15.9 Å². The van der Waals surface area contributed by atoms with Gasteiger partial charge in [0.15, 0.2) is 5.78 Å². The Bertz CT molecular complexity index is 679. The number of nitrogens with one attached hydrogen (secondary N) is 1. The molecular weight excluding hydrogens is 318 g/mol. The van der Waals surface area contributed by atoms with Crippen LogP contribution in [0.4, 0.5) is 5.69 Å². The molecule has 1 N–H and O–H groups in total. The van der Waals surface area contributed by atoms with Gasteiger partial charge in [0.25, 0.3) is 0 Å². The molecule has 1 atom stereocenters. The molecule has 0 fully saturated rings. The van der Waals surface area contributed by atoms with E-state index < -0.39 is 5.92 Å². The van der Waals surface area contributed by atoms with Gasteiger partial charge in [0.1, 0.15) is 5.92 Å². The van der Waals surface area contributed by atoms with E-state index in [9.17, 15) is 9.59 Å². The van der Waals surface area contributed by atoms with E-state index in [1.54, 1.807) is 18.2 Å².